The molecule has 6 heteroatoms. The number of ether oxygens (including phenoxy) is 1. The first-order valence-corrected chi connectivity index (χ1v) is 5.28. The molecule has 0 saturated heterocycles. The first-order valence-electron chi connectivity index (χ1n) is 4.90. The number of carbonyl (C=O) groups excluding carboxylic acids is 1. The number of esters is 1. The summed E-state index contributed by atoms with van der Waals surface area (Å²) in [5.74, 6) is -0.573. The van der Waals surface area contributed by atoms with Crippen molar-refractivity contribution >= 4 is 17.6 Å². The number of hydrogen-bond acceptors (Lipinski definition) is 5. The van der Waals surface area contributed by atoms with E-state index in [1.165, 1.54) is 18.7 Å². The molecular weight excluding hydrogens is 244 g/mol. The largest absolute Gasteiger partial charge is 0.448 e. The van der Waals surface area contributed by atoms with Crippen LogP contribution in [-0.4, -0.2) is 15.9 Å². The summed E-state index contributed by atoms with van der Waals surface area (Å²) in [5, 5.41) is 0.139. The molecule has 0 radical (unpaired) electrons. The van der Waals surface area contributed by atoms with Crippen LogP contribution < -0.4 is 4.74 Å². The fourth-order valence-corrected chi connectivity index (χ4v) is 1.35. The van der Waals surface area contributed by atoms with E-state index < -0.39 is 11.9 Å². The molecule has 2 aromatic rings. The van der Waals surface area contributed by atoms with Crippen LogP contribution in [0.3, 0.4) is 0 Å². The lowest BCUT2D eigenvalue weighted by atomic mass is 10.2. The molecule has 88 valence electrons. The fourth-order valence-electron chi connectivity index (χ4n) is 1.19. The van der Waals surface area contributed by atoms with Gasteiger partial charge in [0.15, 0.2) is 10.9 Å². The van der Waals surface area contributed by atoms with Gasteiger partial charge < -0.3 is 9.15 Å². The van der Waals surface area contributed by atoms with E-state index in [4.69, 9.17) is 20.8 Å². The number of halogens is 1. The minimum atomic E-state index is -0.596. The highest BCUT2D eigenvalue weighted by atomic mass is 35.5. The van der Waals surface area contributed by atoms with Crippen molar-refractivity contribution in [2.24, 2.45) is 0 Å². The van der Waals surface area contributed by atoms with Crippen LogP contribution in [0.2, 0.25) is 5.15 Å². The number of hydrogen-bond donors (Lipinski definition) is 0. The van der Waals surface area contributed by atoms with E-state index >= 15 is 0 Å². The zero-order valence-corrected chi connectivity index (χ0v) is 9.72. The van der Waals surface area contributed by atoms with E-state index in [1.807, 2.05) is 0 Å². The minimum absolute atomic E-state index is 0.139. The van der Waals surface area contributed by atoms with E-state index in [-0.39, 0.29) is 10.9 Å². The minimum Gasteiger partial charge on any atom is -0.448 e. The van der Waals surface area contributed by atoms with E-state index in [1.54, 1.807) is 19.1 Å². The van der Waals surface area contributed by atoms with Gasteiger partial charge in [0.05, 0.1) is 6.20 Å². The molecule has 0 spiro atoms. The highest BCUT2D eigenvalue weighted by Gasteiger charge is 2.22. The number of carbonyl (C=O) groups is 1. The molecule has 17 heavy (non-hydrogen) atoms. The Bertz CT molecular complexity index is 513. The number of rotatable bonds is 3. The van der Waals surface area contributed by atoms with Crippen molar-refractivity contribution in [3.8, 4) is 5.75 Å². The van der Waals surface area contributed by atoms with Crippen molar-refractivity contribution < 1.29 is 13.9 Å². The average molecular weight is 253 g/mol. The third kappa shape index (κ3) is 2.62. The smallest absolute Gasteiger partial charge is 0.323 e. The first kappa shape index (κ1) is 11.6. The van der Waals surface area contributed by atoms with E-state index in [9.17, 15) is 4.79 Å². The summed E-state index contributed by atoms with van der Waals surface area (Å²) in [6.07, 6.45) is 4.38. The van der Waals surface area contributed by atoms with Gasteiger partial charge in [0.2, 0.25) is 5.89 Å². The molecule has 1 unspecified atom stereocenters. The predicted molar refractivity (Wildman–Crippen MR) is 59.8 cm³/mol. The van der Waals surface area contributed by atoms with Crippen LogP contribution in [-0.2, 0) is 4.79 Å². The van der Waals surface area contributed by atoms with Gasteiger partial charge in [-0.25, -0.2) is 9.97 Å². The molecule has 0 aliphatic heterocycles. The highest BCUT2D eigenvalue weighted by molar-refractivity contribution is 6.30. The number of aromatic nitrogens is 2. The predicted octanol–water partition coefficient (Wildman–Crippen LogP) is 2.43. The second kappa shape index (κ2) is 4.97. The van der Waals surface area contributed by atoms with Gasteiger partial charge in [-0.3, -0.25) is 4.79 Å². The Morgan fingerprint density at radius 1 is 1.47 bits per heavy atom. The molecule has 1 atom stereocenters. The van der Waals surface area contributed by atoms with Gasteiger partial charge in [-0.1, -0.05) is 11.6 Å². The van der Waals surface area contributed by atoms with Crippen molar-refractivity contribution in [2.45, 2.75) is 12.8 Å². The van der Waals surface area contributed by atoms with Crippen molar-refractivity contribution in [3.05, 3.63) is 41.8 Å². The Morgan fingerprint density at radius 2 is 2.29 bits per heavy atom. The van der Waals surface area contributed by atoms with Crippen LogP contribution in [0.5, 0.6) is 5.75 Å². The summed E-state index contributed by atoms with van der Waals surface area (Å²) in [6.45, 7) is 1.64. The molecule has 0 aliphatic carbocycles. The van der Waals surface area contributed by atoms with Crippen molar-refractivity contribution in [1.29, 1.82) is 0 Å². The quantitative estimate of drug-likeness (QED) is 0.620. The zero-order chi connectivity index (χ0) is 12.3. The molecule has 0 bridgehead atoms. The first-order chi connectivity index (χ1) is 8.18. The SMILES string of the molecule is CC(C(=O)Oc1cccnc1Cl)c1ncco1. The van der Waals surface area contributed by atoms with Gasteiger partial charge >= 0.3 is 5.97 Å². The Kier molecular flexibility index (Phi) is 3.39. The molecule has 2 heterocycles. The van der Waals surface area contributed by atoms with Gasteiger partial charge in [0.1, 0.15) is 12.2 Å². The lowest BCUT2D eigenvalue weighted by molar-refractivity contribution is -0.136. The standard InChI is InChI=1S/C11H9ClN2O3/c1-7(10-14-5-6-16-10)11(15)17-8-3-2-4-13-9(8)12/h2-7H,1H3. The maximum absolute atomic E-state index is 11.8. The summed E-state index contributed by atoms with van der Waals surface area (Å²) in [5.41, 5.74) is 0. The van der Waals surface area contributed by atoms with Crippen molar-refractivity contribution in [3.63, 3.8) is 0 Å². The normalized spacial score (nSPS) is 12.1. The van der Waals surface area contributed by atoms with Crippen LogP contribution in [0, 0.1) is 0 Å². The average Bonchev–Trinajstić information content (AvgIpc) is 2.84. The second-order valence-electron chi connectivity index (χ2n) is 3.31. The monoisotopic (exact) mass is 252 g/mol. The fraction of sp³-hybridized carbons (Fsp3) is 0.182. The van der Waals surface area contributed by atoms with E-state index in [0.29, 0.717) is 5.89 Å². The number of oxazole rings is 1. The third-order valence-electron chi connectivity index (χ3n) is 2.11. The maximum Gasteiger partial charge on any atom is 0.323 e. The molecular formula is C11H9ClN2O3. The molecule has 0 N–H and O–H groups in total. The van der Waals surface area contributed by atoms with Crippen LogP contribution in [0.4, 0.5) is 0 Å². The summed E-state index contributed by atoms with van der Waals surface area (Å²) in [4.78, 5) is 19.4. The Hall–Kier alpha value is -1.88. The Balaban J connectivity index is 2.10. The molecule has 2 rings (SSSR count). The highest BCUT2D eigenvalue weighted by Crippen LogP contribution is 2.23. The second-order valence-corrected chi connectivity index (χ2v) is 3.66. The van der Waals surface area contributed by atoms with Crippen molar-refractivity contribution in [1.82, 2.24) is 9.97 Å². The summed E-state index contributed by atoms with van der Waals surface area (Å²) in [6, 6.07) is 3.19. The topological polar surface area (TPSA) is 65.2 Å². The lowest BCUT2D eigenvalue weighted by Gasteiger charge is -2.08. The van der Waals surface area contributed by atoms with Gasteiger partial charge in [-0.2, -0.15) is 0 Å². The molecule has 0 aliphatic rings. The van der Waals surface area contributed by atoms with E-state index in [0.717, 1.165) is 0 Å². The summed E-state index contributed by atoms with van der Waals surface area (Å²) < 4.78 is 10.1. The molecule has 0 fully saturated rings. The molecule has 0 saturated carbocycles. The Morgan fingerprint density at radius 3 is 2.94 bits per heavy atom. The van der Waals surface area contributed by atoms with Gasteiger partial charge in [-0.05, 0) is 19.1 Å². The van der Waals surface area contributed by atoms with Crippen LogP contribution in [0.25, 0.3) is 0 Å². The maximum atomic E-state index is 11.8. The zero-order valence-electron chi connectivity index (χ0n) is 8.96. The molecule has 5 nitrogen and oxygen atoms in total. The summed E-state index contributed by atoms with van der Waals surface area (Å²) >= 11 is 5.77. The molecule has 0 aromatic carbocycles. The van der Waals surface area contributed by atoms with Crippen LogP contribution in [0.15, 0.2) is 35.2 Å². The van der Waals surface area contributed by atoms with Gasteiger partial charge in [0.25, 0.3) is 0 Å². The molecule has 2 aromatic heterocycles. The van der Waals surface area contributed by atoms with Crippen LogP contribution in [0.1, 0.15) is 18.7 Å². The number of nitrogens with zero attached hydrogens (tertiary/aromatic N) is 2. The van der Waals surface area contributed by atoms with Crippen molar-refractivity contribution in [2.75, 3.05) is 0 Å². The van der Waals surface area contributed by atoms with Gasteiger partial charge in [0, 0.05) is 6.20 Å². The van der Waals surface area contributed by atoms with Crippen LogP contribution >= 0.6 is 11.6 Å². The Labute approximate surface area is 102 Å². The lowest BCUT2D eigenvalue weighted by Crippen LogP contribution is -2.16. The van der Waals surface area contributed by atoms with E-state index in [2.05, 4.69) is 9.97 Å². The number of pyridine rings is 1. The third-order valence-corrected chi connectivity index (χ3v) is 2.39. The van der Waals surface area contributed by atoms with Gasteiger partial charge in [-0.15, -0.1) is 0 Å². The molecule has 0 amide bonds. The summed E-state index contributed by atoms with van der Waals surface area (Å²) in [7, 11) is 0.